The van der Waals surface area contributed by atoms with Crippen molar-refractivity contribution in [2.75, 3.05) is 12.3 Å². The highest BCUT2D eigenvalue weighted by Gasteiger charge is 2.01. The molecule has 2 heteroatoms. The van der Waals surface area contributed by atoms with Gasteiger partial charge >= 0.3 is 0 Å². The standard InChI is InChI=1S/C11H17NS/c1-9(7-12)8-13-11-6-4-3-5-10(11)2/h3-6,9H,7-8,12H2,1-2H3. The van der Waals surface area contributed by atoms with E-state index in [-0.39, 0.29) is 0 Å². The highest BCUT2D eigenvalue weighted by molar-refractivity contribution is 7.99. The zero-order valence-corrected chi connectivity index (χ0v) is 9.10. The fourth-order valence-electron chi connectivity index (χ4n) is 1.02. The third-order valence-electron chi connectivity index (χ3n) is 2.02. The third kappa shape index (κ3) is 3.41. The van der Waals surface area contributed by atoms with Crippen molar-refractivity contribution in [2.45, 2.75) is 18.7 Å². The Kier molecular flexibility index (Phi) is 4.33. The van der Waals surface area contributed by atoms with E-state index in [2.05, 4.69) is 38.1 Å². The summed E-state index contributed by atoms with van der Waals surface area (Å²) in [6, 6.07) is 8.48. The lowest BCUT2D eigenvalue weighted by molar-refractivity contribution is 0.675. The molecule has 1 nitrogen and oxygen atoms in total. The predicted molar refractivity (Wildman–Crippen MR) is 60.1 cm³/mol. The summed E-state index contributed by atoms with van der Waals surface area (Å²) in [5.41, 5.74) is 6.92. The van der Waals surface area contributed by atoms with Crippen LogP contribution >= 0.6 is 11.8 Å². The molecular weight excluding hydrogens is 178 g/mol. The summed E-state index contributed by atoms with van der Waals surface area (Å²) in [6.45, 7) is 5.11. The normalized spacial score (nSPS) is 12.8. The molecule has 0 bridgehead atoms. The number of aryl methyl sites for hydroxylation is 1. The second kappa shape index (κ2) is 5.30. The fourth-order valence-corrected chi connectivity index (χ4v) is 2.09. The van der Waals surface area contributed by atoms with Crippen molar-refractivity contribution < 1.29 is 0 Å². The van der Waals surface area contributed by atoms with Crippen LogP contribution in [-0.2, 0) is 0 Å². The highest BCUT2D eigenvalue weighted by atomic mass is 32.2. The Balaban J connectivity index is 2.50. The molecule has 13 heavy (non-hydrogen) atoms. The maximum atomic E-state index is 5.56. The van der Waals surface area contributed by atoms with Gasteiger partial charge in [0.2, 0.25) is 0 Å². The van der Waals surface area contributed by atoms with Crippen LogP contribution < -0.4 is 5.73 Å². The van der Waals surface area contributed by atoms with Crippen LogP contribution in [0.25, 0.3) is 0 Å². The molecule has 0 amide bonds. The van der Waals surface area contributed by atoms with Gasteiger partial charge in [-0.2, -0.15) is 0 Å². The Morgan fingerprint density at radius 2 is 2.08 bits per heavy atom. The molecule has 0 aliphatic heterocycles. The molecule has 0 fully saturated rings. The van der Waals surface area contributed by atoms with Crippen molar-refractivity contribution in [2.24, 2.45) is 11.7 Å². The minimum absolute atomic E-state index is 0.601. The van der Waals surface area contributed by atoms with Gasteiger partial charge in [0, 0.05) is 10.6 Å². The lowest BCUT2D eigenvalue weighted by Crippen LogP contribution is -2.12. The monoisotopic (exact) mass is 195 g/mol. The van der Waals surface area contributed by atoms with Gasteiger partial charge in [0.25, 0.3) is 0 Å². The van der Waals surface area contributed by atoms with E-state index in [0.717, 1.165) is 12.3 Å². The second-order valence-electron chi connectivity index (χ2n) is 3.42. The van der Waals surface area contributed by atoms with Crippen molar-refractivity contribution in [1.82, 2.24) is 0 Å². The van der Waals surface area contributed by atoms with Gasteiger partial charge in [-0.05, 0) is 31.0 Å². The minimum atomic E-state index is 0.601. The average Bonchev–Trinajstić information content (AvgIpc) is 2.16. The number of thioether (sulfide) groups is 1. The lowest BCUT2D eigenvalue weighted by Gasteiger charge is -2.09. The third-order valence-corrected chi connectivity index (χ3v) is 3.52. The van der Waals surface area contributed by atoms with Crippen molar-refractivity contribution in [1.29, 1.82) is 0 Å². The Labute approximate surface area is 84.7 Å². The van der Waals surface area contributed by atoms with Gasteiger partial charge in [-0.25, -0.2) is 0 Å². The Hall–Kier alpha value is -0.470. The number of hydrogen-bond acceptors (Lipinski definition) is 2. The fraction of sp³-hybridized carbons (Fsp3) is 0.455. The van der Waals surface area contributed by atoms with E-state index in [1.807, 2.05) is 11.8 Å². The Bertz CT molecular complexity index is 260. The van der Waals surface area contributed by atoms with Crippen LogP contribution in [0.2, 0.25) is 0 Å². The summed E-state index contributed by atoms with van der Waals surface area (Å²) in [5, 5.41) is 0. The number of benzene rings is 1. The zero-order chi connectivity index (χ0) is 9.68. The van der Waals surface area contributed by atoms with Crippen LogP contribution in [0.15, 0.2) is 29.2 Å². The average molecular weight is 195 g/mol. The molecule has 0 aliphatic rings. The van der Waals surface area contributed by atoms with Gasteiger partial charge in [0.15, 0.2) is 0 Å². The molecule has 0 heterocycles. The van der Waals surface area contributed by atoms with Crippen LogP contribution in [0.4, 0.5) is 0 Å². The SMILES string of the molecule is Cc1ccccc1SCC(C)CN. The predicted octanol–water partition coefficient (Wildman–Crippen LogP) is 2.68. The van der Waals surface area contributed by atoms with E-state index in [1.165, 1.54) is 10.5 Å². The van der Waals surface area contributed by atoms with Gasteiger partial charge in [0.1, 0.15) is 0 Å². The van der Waals surface area contributed by atoms with E-state index in [0.29, 0.717) is 5.92 Å². The molecule has 0 radical (unpaired) electrons. The van der Waals surface area contributed by atoms with E-state index in [4.69, 9.17) is 5.73 Å². The smallest absolute Gasteiger partial charge is 0.0101 e. The molecule has 0 saturated carbocycles. The van der Waals surface area contributed by atoms with Crippen LogP contribution in [0.3, 0.4) is 0 Å². The number of nitrogens with two attached hydrogens (primary N) is 1. The molecule has 0 spiro atoms. The lowest BCUT2D eigenvalue weighted by atomic mass is 10.2. The second-order valence-corrected chi connectivity index (χ2v) is 4.48. The molecule has 0 aliphatic carbocycles. The van der Waals surface area contributed by atoms with Crippen molar-refractivity contribution in [3.05, 3.63) is 29.8 Å². The first-order valence-electron chi connectivity index (χ1n) is 4.62. The molecule has 1 aromatic carbocycles. The summed E-state index contributed by atoms with van der Waals surface area (Å²) < 4.78 is 0. The van der Waals surface area contributed by atoms with E-state index in [9.17, 15) is 0 Å². The van der Waals surface area contributed by atoms with Crippen molar-refractivity contribution >= 4 is 11.8 Å². The first kappa shape index (κ1) is 10.6. The van der Waals surface area contributed by atoms with Crippen molar-refractivity contribution in [3.8, 4) is 0 Å². The summed E-state index contributed by atoms with van der Waals surface area (Å²) in [7, 11) is 0. The highest BCUT2D eigenvalue weighted by Crippen LogP contribution is 2.23. The number of rotatable bonds is 4. The Morgan fingerprint density at radius 3 is 2.69 bits per heavy atom. The minimum Gasteiger partial charge on any atom is -0.330 e. The van der Waals surface area contributed by atoms with Crippen LogP contribution in [-0.4, -0.2) is 12.3 Å². The van der Waals surface area contributed by atoms with Gasteiger partial charge < -0.3 is 5.73 Å². The maximum absolute atomic E-state index is 5.56. The van der Waals surface area contributed by atoms with Gasteiger partial charge in [-0.15, -0.1) is 11.8 Å². The molecule has 1 unspecified atom stereocenters. The Morgan fingerprint density at radius 1 is 1.38 bits per heavy atom. The first-order valence-corrected chi connectivity index (χ1v) is 5.61. The molecule has 1 aromatic rings. The summed E-state index contributed by atoms with van der Waals surface area (Å²) in [6.07, 6.45) is 0. The first-order chi connectivity index (χ1) is 6.24. The van der Waals surface area contributed by atoms with Gasteiger partial charge in [-0.3, -0.25) is 0 Å². The molecule has 1 rings (SSSR count). The van der Waals surface area contributed by atoms with E-state index in [1.54, 1.807) is 0 Å². The van der Waals surface area contributed by atoms with E-state index >= 15 is 0 Å². The number of hydrogen-bond donors (Lipinski definition) is 1. The molecular formula is C11H17NS. The van der Waals surface area contributed by atoms with Crippen LogP contribution in [0, 0.1) is 12.8 Å². The molecule has 0 saturated heterocycles. The van der Waals surface area contributed by atoms with Gasteiger partial charge in [-0.1, -0.05) is 25.1 Å². The maximum Gasteiger partial charge on any atom is 0.0101 e. The quantitative estimate of drug-likeness (QED) is 0.748. The summed E-state index contributed by atoms with van der Waals surface area (Å²) in [4.78, 5) is 1.38. The summed E-state index contributed by atoms with van der Waals surface area (Å²) >= 11 is 1.90. The van der Waals surface area contributed by atoms with Crippen LogP contribution in [0.5, 0.6) is 0 Å². The van der Waals surface area contributed by atoms with Crippen LogP contribution in [0.1, 0.15) is 12.5 Å². The molecule has 0 aromatic heterocycles. The molecule has 1 atom stereocenters. The largest absolute Gasteiger partial charge is 0.330 e. The molecule has 2 N–H and O–H groups in total. The molecule has 72 valence electrons. The zero-order valence-electron chi connectivity index (χ0n) is 8.29. The summed E-state index contributed by atoms with van der Waals surface area (Å²) in [5.74, 6) is 1.71. The van der Waals surface area contributed by atoms with Crippen molar-refractivity contribution in [3.63, 3.8) is 0 Å². The topological polar surface area (TPSA) is 26.0 Å². The van der Waals surface area contributed by atoms with E-state index < -0.39 is 0 Å². The van der Waals surface area contributed by atoms with Gasteiger partial charge in [0.05, 0.1) is 0 Å².